The van der Waals surface area contributed by atoms with Gasteiger partial charge in [0.25, 0.3) is 0 Å². The number of fused-ring (bicyclic) bond motifs is 1. The molecule has 0 radical (unpaired) electrons. The van der Waals surface area contributed by atoms with Crippen LogP contribution >= 0.6 is 0 Å². The Morgan fingerprint density at radius 2 is 1.59 bits per heavy atom. The van der Waals surface area contributed by atoms with Crippen LogP contribution in [0.5, 0.6) is 5.75 Å². The molecule has 0 amide bonds. The minimum Gasteiger partial charge on any atom is -0.491 e. The Bertz CT molecular complexity index is 1180. The number of nitrogen functional groups attached to an aromatic ring is 1. The van der Waals surface area contributed by atoms with Crippen molar-refractivity contribution in [1.82, 2.24) is 4.57 Å². The highest BCUT2D eigenvalue weighted by Crippen LogP contribution is 2.23. The van der Waals surface area contributed by atoms with Gasteiger partial charge in [0, 0.05) is 0 Å². The molecule has 0 spiro atoms. The maximum atomic E-state index is 10.6. The Kier molecular flexibility index (Phi) is 6.19. The second-order valence-corrected chi connectivity index (χ2v) is 9.27. The average molecular weight is 431 g/mol. The number of benzene rings is 3. The molecule has 3 aromatic carbocycles. The molecule has 1 atom stereocenters. The van der Waals surface area contributed by atoms with Crippen LogP contribution < -0.4 is 15.0 Å². The number of aliphatic hydroxyl groups is 1. The molecule has 0 unspecified atom stereocenters. The first-order chi connectivity index (χ1) is 15.3. The number of aliphatic hydroxyl groups excluding tert-OH is 1. The molecule has 1 heterocycles. The van der Waals surface area contributed by atoms with Crippen LogP contribution in [0.4, 0.5) is 5.95 Å². The van der Waals surface area contributed by atoms with Crippen molar-refractivity contribution in [2.75, 3.05) is 12.3 Å². The Balaban J connectivity index is 1.56. The molecular formula is C27H32N3O2+. The molecule has 0 aliphatic rings. The predicted octanol–water partition coefficient (Wildman–Crippen LogP) is 4.30. The van der Waals surface area contributed by atoms with E-state index < -0.39 is 6.10 Å². The number of ether oxygens (including phenoxy) is 1. The van der Waals surface area contributed by atoms with Gasteiger partial charge in [-0.3, -0.25) is 5.73 Å². The van der Waals surface area contributed by atoms with Crippen LogP contribution in [-0.4, -0.2) is 22.4 Å². The quantitative estimate of drug-likeness (QED) is 0.430. The van der Waals surface area contributed by atoms with E-state index in [1.165, 1.54) is 11.1 Å². The first-order valence-corrected chi connectivity index (χ1v) is 11.0. The Hall–Kier alpha value is -3.31. The highest BCUT2D eigenvalue weighted by molar-refractivity contribution is 5.74. The zero-order valence-corrected chi connectivity index (χ0v) is 19.0. The third-order valence-corrected chi connectivity index (χ3v) is 5.76. The summed E-state index contributed by atoms with van der Waals surface area (Å²) in [7, 11) is 0. The fourth-order valence-electron chi connectivity index (χ4n) is 3.94. The number of anilines is 1. The summed E-state index contributed by atoms with van der Waals surface area (Å²) in [5.41, 5.74) is 11.2. The van der Waals surface area contributed by atoms with Crippen LogP contribution in [0.1, 0.15) is 31.9 Å². The number of imidazole rings is 1. The number of nitrogens with two attached hydrogens (primary N) is 1. The van der Waals surface area contributed by atoms with Crippen molar-refractivity contribution < 1.29 is 14.4 Å². The smallest absolute Gasteiger partial charge is 0.356 e. The summed E-state index contributed by atoms with van der Waals surface area (Å²) in [5, 5.41) is 10.6. The van der Waals surface area contributed by atoms with Crippen molar-refractivity contribution >= 4 is 17.0 Å². The van der Waals surface area contributed by atoms with Gasteiger partial charge in [0.05, 0.1) is 6.54 Å². The van der Waals surface area contributed by atoms with Gasteiger partial charge < -0.3 is 9.84 Å². The number of rotatable bonds is 7. The summed E-state index contributed by atoms with van der Waals surface area (Å²) in [4.78, 5) is 0. The second-order valence-electron chi connectivity index (χ2n) is 9.27. The van der Waals surface area contributed by atoms with E-state index in [2.05, 4.69) is 55.7 Å². The highest BCUT2D eigenvalue weighted by Gasteiger charge is 2.23. The molecule has 3 N–H and O–H groups in total. The lowest BCUT2D eigenvalue weighted by Gasteiger charge is -2.19. The number of nitrogens with zero attached hydrogens (tertiary/aromatic N) is 2. The topological polar surface area (TPSA) is 64.3 Å². The van der Waals surface area contributed by atoms with Crippen molar-refractivity contribution in [1.29, 1.82) is 0 Å². The largest absolute Gasteiger partial charge is 0.491 e. The first-order valence-electron chi connectivity index (χ1n) is 11.0. The zero-order valence-electron chi connectivity index (χ0n) is 19.0. The molecular weight excluding hydrogens is 398 g/mol. The van der Waals surface area contributed by atoms with E-state index in [9.17, 15) is 5.11 Å². The van der Waals surface area contributed by atoms with E-state index >= 15 is 0 Å². The molecule has 0 aliphatic carbocycles. The van der Waals surface area contributed by atoms with Gasteiger partial charge in [-0.05, 0) is 40.8 Å². The van der Waals surface area contributed by atoms with E-state index in [1.54, 1.807) is 0 Å². The van der Waals surface area contributed by atoms with Gasteiger partial charge in [-0.1, -0.05) is 75.4 Å². The maximum Gasteiger partial charge on any atom is 0.356 e. The molecule has 0 bridgehead atoms. The van der Waals surface area contributed by atoms with E-state index in [1.807, 2.05) is 53.1 Å². The van der Waals surface area contributed by atoms with Gasteiger partial charge in [-0.2, -0.15) is 0 Å². The molecule has 0 fully saturated rings. The molecule has 166 valence electrons. The number of hydrogen-bond donors (Lipinski definition) is 2. The molecule has 5 nitrogen and oxygen atoms in total. The SMILES string of the molecule is CC(C)(C)c1ccc(C[n+]2c(N)n(C[C@@H](O)COc3ccccc3)c3ccccc32)cc1. The van der Waals surface area contributed by atoms with Crippen LogP contribution in [0.3, 0.4) is 0 Å². The third kappa shape index (κ3) is 4.78. The van der Waals surface area contributed by atoms with Crippen molar-refractivity contribution in [2.24, 2.45) is 0 Å². The van der Waals surface area contributed by atoms with E-state index in [0.717, 1.165) is 16.8 Å². The van der Waals surface area contributed by atoms with Crippen LogP contribution in [-0.2, 0) is 18.5 Å². The van der Waals surface area contributed by atoms with Crippen LogP contribution in [0.25, 0.3) is 11.0 Å². The normalized spacial score (nSPS) is 12.8. The lowest BCUT2D eigenvalue weighted by Crippen LogP contribution is -2.38. The number of hydrogen-bond acceptors (Lipinski definition) is 3. The van der Waals surface area contributed by atoms with E-state index in [-0.39, 0.29) is 12.0 Å². The van der Waals surface area contributed by atoms with Crippen molar-refractivity contribution in [3.8, 4) is 5.75 Å². The third-order valence-electron chi connectivity index (χ3n) is 5.76. The average Bonchev–Trinajstić information content (AvgIpc) is 3.04. The van der Waals surface area contributed by atoms with E-state index in [4.69, 9.17) is 10.5 Å². The fraction of sp³-hybridized carbons (Fsp3) is 0.296. The van der Waals surface area contributed by atoms with Crippen molar-refractivity contribution in [3.05, 3.63) is 90.0 Å². The summed E-state index contributed by atoms with van der Waals surface area (Å²) in [6, 6.07) is 26.4. The molecule has 4 aromatic rings. The number of para-hydroxylation sites is 3. The van der Waals surface area contributed by atoms with Crippen LogP contribution in [0, 0.1) is 0 Å². The molecule has 0 aliphatic heterocycles. The first kappa shape index (κ1) is 21.9. The Morgan fingerprint density at radius 3 is 2.28 bits per heavy atom. The minimum atomic E-state index is -0.687. The highest BCUT2D eigenvalue weighted by atomic mass is 16.5. The van der Waals surface area contributed by atoms with Crippen molar-refractivity contribution in [2.45, 2.75) is 45.4 Å². The summed E-state index contributed by atoms with van der Waals surface area (Å²) < 4.78 is 9.80. The van der Waals surface area contributed by atoms with E-state index in [0.29, 0.717) is 19.0 Å². The van der Waals surface area contributed by atoms with Gasteiger partial charge in [0.1, 0.15) is 36.0 Å². The van der Waals surface area contributed by atoms with Crippen molar-refractivity contribution in [3.63, 3.8) is 0 Å². The van der Waals surface area contributed by atoms with Gasteiger partial charge in [-0.25, -0.2) is 9.13 Å². The predicted molar refractivity (Wildman–Crippen MR) is 129 cm³/mol. The lowest BCUT2D eigenvalue weighted by molar-refractivity contribution is -0.648. The summed E-state index contributed by atoms with van der Waals surface area (Å²) in [6.45, 7) is 7.87. The molecule has 32 heavy (non-hydrogen) atoms. The van der Waals surface area contributed by atoms with Gasteiger partial charge in [0.15, 0.2) is 0 Å². The maximum absolute atomic E-state index is 10.6. The summed E-state index contributed by atoms with van der Waals surface area (Å²) in [5.74, 6) is 1.36. The molecule has 1 aromatic heterocycles. The van der Waals surface area contributed by atoms with Gasteiger partial charge in [-0.15, -0.1) is 0 Å². The lowest BCUT2D eigenvalue weighted by atomic mass is 9.87. The fourth-order valence-corrected chi connectivity index (χ4v) is 3.94. The van der Waals surface area contributed by atoms with Gasteiger partial charge >= 0.3 is 5.95 Å². The standard InChI is InChI=1S/C27H31N3O2/c1-27(2,3)21-15-13-20(14-16-21)17-29-24-11-7-8-12-25(24)30(26(29)28)18-22(31)19-32-23-9-5-4-6-10-23/h4-16,22,28,31H,17-19H2,1-3H3/p+1/t22-/m1/s1. The Labute approximate surface area is 189 Å². The molecule has 4 rings (SSSR count). The monoisotopic (exact) mass is 430 g/mol. The second kappa shape index (κ2) is 9.05. The number of aromatic nitrogens is 2. The summed E-state index contributed by atoms with van der Waals surface area (Å²) in [6.07, 6.45) is -0.687. The van der Waals surface area contributed by atoms with Gasteiger partial charge in [0.2, 0.25) is 0 Å². The van der Waals surface area contributed by atoms with Crippen LogP contribution in [0.15, 0.2) is 78.9 Å². The molecule has 0 saturated heterocycles. The zero-order chi connectivity index (χ0) is 22.7. The molecule has 5 heteroatoms. The molecule has 0 saturated carbocycles. The Morgan fingerprint density at radius 1 is 0.938 bits per heavy atom. The van der Waals surface area contributed by atoms with Crippen LogP contribution in [0.2, 0.25) is 0 Å². The minimum absolute atomic E-state index is 0.124. The summed E-state index contributed by atoms with van der Waals surface area (Å²) >= 11 is 0.